The normalized spacial score (nSPS) is 12.0. The average Bonchev–Trinajstić information content (AvgIpc) is 2.79. The fourth-order valence-corrected chi connectivity index (χ4v) is 4.52. The minimum Gasteiger partial charge on any atom is -0.424 e. The third-order valence-electron chi connectivity index (χ3n) is 6.06. The molecule has 186 valence electrons. The Balaban J connectivity index is 0. The summed E-state index contributed by atoms with van der Waals surface area (Å²) in [7, 11) is -0.221. The summed E-state index contributed by atoms with van der Waals surface area (Å²) in [5.74, 6) is 0.840. The molecule has 0 aliphatic carbocycles. The highest BCUT2D eigenvalue weighted by atomic mass is 28.2. The van der Waals surface area contributed by atoms with Gasteiger partial charge in [0.2, 0.25) is 0 Å². The van der Waals surface area contributed by atoms with E-state index in [1.54, 1.807) is 0 Å². The summed E-state index contributed by atoms with van der Waals surface area (Å²) in [6, 6.07) is 0. The van der Waals surface area contributed by atoms with Crippen LogP contribution in [0, 0.1) is 5.92 Å². The predicted molar refractivity (Wildman–Crippen MR) is 148 cm³/mol. The van der Waals surface area contributed by atoms with E-state index in [-0.39, 0.29) is 9.76 Å². The molecular weight excluding hydrogens is 392 g/mol. The molecule has 0 aliphatic heterocycles. The van der Waals surface area contributed by atoms with Gasteiger partial charge in [0, 0.05) is 6.61 Å². The van der Waals surface area contributed by atoms with Gasteiger partial charge in [0.05, 0.1) is 0 Å². The van der Waals surface area contributed by atoms with Crippen LogP contribution in [-0.4, -0.2) is 16.4 Å². The fourth-order valence-electron chi connectivity index (χ4n) is 3.95. The third-order valence-corrected chi connectivity index (χ3v) is 6.70. The first kappa shape index (κ1) is 32.8. The molecule has 0 bridgehead atoms. The molecule has 2 heteroatoms. The molecule has 0 N–H and O–H groups in total. The standard InChI is InChI=1S/C20H42OSi.C9H18/c1-4-6-8-10-12-14-16-18-20(19-21-22-3)17-15-13-11-9-7-5-2;1-3-5-7-9-8-6-4-2/h4,20H,1,5-19,22H2,2-3H3;3H,1,4-9H2,2H3. The van der Waals surface area contributed by atoms with Gasteiger partial charge in [0.1, 0.15) is 0 Å². The van der Waals surface area contributed by atoms with Gasteiger partial charge in [-0.3, -0.25) is 0 Å². The number of allylic oxidation sites excluding steroid dienone is 2. The Kier molecular flexibility index (Phi) is 33.7. The quantitative estimate of drug-likeness (QED) is 0.0803. The van der Waals surface area contributed by atoms with E-state index in [0.29, 0.717) is 0 Å². The van der Waals surface area contributed by atoms with Gasteiger partial charge in [-0.2, -0.15) is 0 Å². The highest BCUT2D eigenvalue weighted by Gasteiger charge is 2.08. The zero-order valence-electron chi connectivity index (χ0n) is 22.1. The molecule has 0 fully saturated rings. The van der Waals surface area contributed by atoms with Crippen molar-refractivity contribution in [3.05, 3.63) is 25.3 Å². The molecule has 1 nitrogen and oxygen atoms in total. The maximum absolute atomic E-state index is 5.83. The minimum atomic E-state index is -0.221. The summed E-state index contributed by atoms with van der Waals surface area (Å²) in [6.07, 6.45) is 31.5. The van der Waals surface area contributed by atoms with Crippen LogP contribution in [0.3, 0.4) is 0 Å². The van der Waals surface area contributed by atoms with Crippen molar-refractivity contribution in [1.29, 1.82) is 0 Å². The molecule has 0 spiro atoms. The lowest BCUT2D eigenvalue weighted by Gasteiger charge is -2.17. The van der Waals surface area contributed by atoms with Crippen LogP contribution >= 0.6 is 0 Å². The van der Waals surface area contributed by atoms with Gasteiger partial charge in [0.25, 0.3) is 0 Å². The summed E-state index contributed by atoms with van der Waals surface area (Å²) < 4.78 is 5.83. The third kappa shape index (κ3) is 31.9. The second-order valence-corrected chi connectivity index (χ2v) is 10.2. The first-order chi connectivity index (χ1) is 15.3. The molecule has 0 aromatic heterocycles. The Hall–Kier alpha value is -0.343. The molecule has 0 amide bonds. The summed E-state index contributed by atoms with van der Waals surface area (Å²) >= 11 is 0. The monoisotopic (exact) mass is 452 g/mol. The maximum atomic E-state index is 5.83. The SMILES string of the molecule is C=CCCCCCCC.C=CCCCCCCCC(CCCCCCCC)CO[SiH2]C. The molecule has 0 aromatic carbocycles. The summed E-state index contributed by atoms with van der Waals surface area (Å²) in [6.45, 7) is 15.3. The molecule has 0 radical (unpaired) electrons. The van der Waals surface area contributed by atoms with Gasteiger partial charge in [0.15, 0.2) is 9.76 Å². The molecule has 0 heterocycles. The lowest BCUT2D eigenvalue weighted by Crippen LogP contribution is -2.11. The van der Waals surface area contributed by atoms with Crippen molar-refractivity contribution < 1.29 is 4.43 Å². The molecule has 1 unspecified atom stereocenters. The Morgan fingerprint density at radius 3 is 1.39 bits per heavy atom. The Morgan fingerprint density at radius 2 is 1.00 bits per heavy atom. The molecule has 31 heavy (non-hydrogen) atoms. The van der Waals surface area contributed by atoms with Crippen LogP contribution < -0.4 is 0 Å². The van der Waals surface area contributed by atoms with Gasteiger partial charge in [-0.1, -0.05) is 122 Å². The van der Waals surface area contributed by atoms with Crippen LogP contribution in [-0.2, 0) is 4.43 Å². The van der Waals surface area contributed by atoms with Crippen LogP contribution in [0.15, 0.2) is 25.3 Å². The first-order valence-corrected chi connectivity index (χ1v) is 16.0. The van der Waals surface area contributed by atoms with Crippen molar-refractivity contribution in [3.8, 4) is 0 Å². The van der Waals surface area contributed by atoms with E-state index in [2.05, 4.69) is 33.6 Å². The predicted octanol–water partition coefficient (Wildman–Crippen LogP) is 9.95. The van der Waals surface area contributed by atoms with Crippen molar-refractivity contribution in [2.24, 2.45) is 5.92 Å². The number of rotatable bonds is 24. The molecule has 1 atom stereocenters. The Bertz CT molecular complexity index is 329. The van der Waals surface area contributed by atoms with E-state index in [4.69, 9.17) is 4.43 Å². The number of unbranched alkanes of at least 4 members (excludes halogenated alkanes) is 15. The van der Waals surface area contributed by atoms with Gasteiger partial charge < -0.3 is 4.43 Å². The molecule has 0 rings (SSSR count). The van der Waals surface area contributed by atoms with Crippen molar-refractivity contribution in [3.63, 3.8) is 0 Å². The number of hydrogen-bond acceptors (Lipinski definition) is 1. The van der Waals surface area contributed by atoms with E-state index in [1.807, 2.05) is 12.2 Å². The van der Waals surface area contributed by atoms with Crippen molar-refractivity contribution in [2.45, 2.75) is 149 Å². The molecule has 0 aliphatic rings. The van der Waals surface area contributed by atoms with Crippen LogP contribution in [0.5, 0.6) is 0 Å². The molecule has 0 saturated carbocycles. The molecular formula is C29H60OSi. The van der Waals surface area contributed by atoms with Crippen LogP contribution in [0.2, 0.25) is 6.55 Å². The van der Waals surface area contributed by atoms with E-state index >= 15 is 0 Å². The topological polar surface area (TPSA) is 9.23 Å². The van der Waals surface area contributed by atoms with Crippen LogP contribution in [0.25, 0.3) is 0 Å². The van der Waals surface area contributed by atoms with Crippen LogP contribution in [0.1, 0.15) is 142 Å². The second-order valence-electron chi connectivity index (χ2n) is 9.21. The minimum absolute atomic E-state index is 0.221. The maximum Gasteiger partial charge on any atom is 0.158 e. The molecule has 0 aromatic rings. The fraction of sp³-hybridized carbons (Fsp3) is 0.862. The average molecular weight is 453 g/mol. The smallest absolute Gasteiger partial charge is 0.158 e. The molecule has 0 saturated heterocycles. The highest BCUT2D eigenvalue weighted by Crippen LogP contribution is 2.19. The van der Waals surface area contributed by atoms with Crippen molar-refractivity contribution >= 4 is 9.76 Å². The zero-order chi connectivity index (χ0) is 23.3. The van der Waals surface area contributed by atoms with E-state index in [1.165, 1.54) is 128 Å². The van der Waals surface area contributed by atoms with Crippen molar-refractivity contribution in [2.75, 3.05) is 6.61 Å². The lowest BCUT2D eigenvalue weighted by atomic mass is 9.95. The first-order valence-electron chi connectivity index (χ1n) is 14.1. The Morgan fingerprint density at radius 1 is 0.613 bits per heavy atom. The number of hydrogen-bond donors (Lipinski definition) is 0. The Labute approximate surface area is 200 Å². The highest BCUT2D eigenvalue weighted by molar-refractivity contribution is 6.24. The summed E-state index contributed by atoms with van der Waals surface area (Å²) in [5, 5.41) is 0. The summed E-state index contributed by atoms with van der Waals surface area (Å²) in [4.78, 5) is 0. The summed E-state index contributed by atoms with van der Waals surface area (Å²) in [5.41, 5.74) is 0. The van der Waals surface area contributed by atoms with E-state index < -0.39 is 0 Å². The van der Waals surface area contributed by atoms with Crippen LogP contribution in [0.4, 0.5) is 0 Å². The zero-order valence-corrected chi connectivity index (χ0v) is 23.5. The van der Waals surface area contributed by atoms with Gasteiger partial charge in [-0.05, 0) is 44.4 Å². The largest absolute Gasteiger partial charge is 0.424 e. The van der Waals surface area contributed by atoms with Gasteiger partial charge >= 0.3 is 0 Å². The van der Waals surface area contributed by atoms with E-state index in [9.17, 15) is 0 Å². The van der Waals surface area contributed by atoms with Gasteiger partial charge in [-0.15, -0.1) is 13.2 Å². The van der Waals surface area contributed by atoms with Gasteiger partial charge in [-0.25, -0.2) is 0 Å². The second kappa shape index (κ2) is 31.8. The van der Waals surface area contributed by atoms with Crippen molar-refractivity contribution in [1.82, 2.24) is 0 Å². The lowest BCUT2D eigenvalue weighted by molar-refractivity contribution is 0.234. The van der Waals surface area contributed by atoms with E-state index in [0.717, 1.165) is 12.5 Å².